The Balaban J connectivity index is 2.64. The molecule has 108 valence electrons. The SMILES string of the molecule is CCOC(=O)C(F)(F)C(=O)N1CCC(C(N)=O)CC1. The number of alkyl halides is 2. The Morgan fingerprint density at radius 1 is 1.32 bits per heavy atom. The molecule has 0 aromatic heterocycles. The number of hydrogen-bond donors (Lipinski definition) is 1. The van der Waals surface area contributed by atoms with Crippen LogP contribution in [0.1, 0.15) is 19.8 Å². The summed E-state index contributed by atoms with van der Waals surface area (Å²) < 4.78 is 31.1. The molecule has 1 saturated heterocycles. The fraction of sp³-hybridized carbons (Fsp3) is 0.727. The van der Waals surface area contributed by atoms with Gasteiger partial charge in [0.25, 0.3) is 0 Å². The Morgan fingerprint density at radius 2 is 1.84 bits per heavy atom. The monoisotopic (exact) mass is 278 g/mol. The van der Waals surface area contributed by atoms with Crippen LogP contribution in [0, 0.1) is 5.92 Å². The first-order valence-corrected chi connectivity index (χ1v) is 5.94. The van der Waals surface area contributed by atoms with Gasteiger partial charge in [-0.25, -0.2) is 4.79 Å². The highest BCUT2D eigenvalue weighted by atomic mass is 19.3. The van der Waals surface area contributed by atoms with E-state index in [9.17, 15) is 23.2 Å². The van der Waals surface area contributed by atoms with E-state index in [0.29, 0.717) is 0 Å². The molecule has 2 N–H and O–H groups in total. The molecule has 1 heterocycles. The number of nitrogens with two attached hydrogens (primary N) is 1. The van der Waals surface area contributed by atoms with Crippen molar-refractivity contribution in [1.82, 2.24) is 4.90 Å². The zero-order valence-electron chi connectivity index (χ0n) is 10.5. The van der Waals surface area contributed by atoms with Crippen molar-refractivity contribution < 1.29 is 27.9 Å². The van der Waals surface area contributed by atoms with Crippen LogP contribution < -0.4 is 5.73 Å². The highest BCUT2D eigenvalue weighted by molar-refractivity contribution is 6.04. The number of primary amides is 1. The number of nitrogens with zero attached hydrogens (tertiary/aromatic N) is 1. The van der Waals surface area contributed by atoms with Crippen LogP contribution in [-0.2, 0) is 19.1 Å². The second-order valence-electron chi connectivity index (χ2n) is 4.26. The third kappa shape index (κ3) is 3.39. The van der Waals surface area contributed by atoms with Gasteiger partial charge < -0.3 is 15.4 Å². The van der Waals surface area contributed by atoms with Gasteiger partial charge in [-0.2, -0.15) is 8.78 Å². The summed E-state index contributed by atoms with van der Waals surface area (Å²) in [6.07, 6.45) is 0.444. The molecule has 1 aliphatic rings. The summed E-state index contributed by atoms with van der Waals surface area (Å²) in [4.78, 5) is 34.4. The number of amides is 2. The van der Waals surface area contributed by atoms with Gasteiger partial charge in [-0.05, 0) is 19.8 Å². The molecule has 0 unspecified atom stereocenters. The Labute approximate surface area is 108 Å². The van der Waals surface area contributed by atoms with Crippen LogP contribution in [0.2, 0.25) is 0 Å². The van der Waals surface area contributed by atoms with Crippen molar-refractivity contribution in [2.75, 3.05) is 19.7 Å². The van der Waals surface area contributed by atoms with Gasteiger partial charge in [0.05, 0.1) is 6.61 Å². The van der Waals surface area contributed by atoms with Crippen LogP contribution in [0.4, 0.5) is 8.78 Å². The second-order valence-corrected chi connectivity index (χ2v) is 4.26. The van der Waals surface area contributed by atoms with Gasteiger partial charge in [0.15, 0.2) is 0 Å². The maximum Gasteiger partial charge on any atom is 0.419 e. The molecular formula is C11H16F2N2O4. The van der Waals surface area contributed by atoms with Gasteiger partial charge in [0, 0.05) is 19.0 Å². The first-order valence-electron chi connectivity index (χ1n) is 5.94. The lowest BCUT2D eigenvalue weighted by atomic mass is 9.96. The Kier molecular flexibility index (Phi) is 4.79. The Bertz CT molecular complexity index is 379. The van der Waals surface area contributed by atoms with E-state index in [2.05, 4.69) is 4.74 Å². The van der Waals surface area contributed by atoms with Gasteiger partial charge in [0.1, 0.15) is 0 Å². The van der Waals surface area contributed by atoms with Gasteiger partial charge in [-0.15, -0.1) is 0 Å². The van der Waals surface area contributed by atoms with E-state index >= 15 is 0 Å². The number of esters is 1. The molecule has 0 aromatic rings. The molecule has 19 heavy (non-hydrogen) atoms. The molecule has 0 aliphatic carbocycles. The molecule has 6 nitrogen and oxygen atoms in total. The average Bonchev–Trinajstić information content (AvgIpc) is 2.38. The van der Waals surface area contributed by atoms with Gasteiger partial charge in [-0.1, -0.05) is 0 Å². The lowest BCUT2D eigenvalue weighted by Gasteiger charge is -2.32. The molecule has 2 amide bonds. The normalized spacial score (nSPS) is 17.1. The summed E-state index contributed by atoms with van der Waals surface area (Å²) in [7, 11) is 0. The van der Waals surface area contributed by atoms with Crippen molar-refractivity contribution in [3.05, 3.63) is 0 Å². The summed E-state index contributed by atoms with van der Waals surface area (Å²) in [5, 5.41) is 0. The molecule has 0 spiro atoms. The number of rotatable bonds is 4. The fourth-order valence-corrected chi connectivity index (χ4v) is 1.87. The number of ether oxygens (including phenoxy) is 1. The zero-order chi connectivity index (χ0) is 14.6. The van der Waals surface area contributed by atoms with Crippen molar-refractivity contribution in [3.63, 3.8) is 0 Å². The van der Waals surface area contributed by atoms with Gasteiger partial charge in [-0.3, -0.25) is 9.59 Å². The largest absolute Gasteiger partial charge is 0.461 e. The standard InChI is InChI=1S/C11H16F2N2O4/c1-2-19-10(18)11(12,13)9(17)15-5-3-7(4-6-15)8(14)16/h7H,2-6H2,1H3,(H2,14,16). The van der Waals surface area contributed by atoms with E-state index in [4.69, 9.17) is 5.73 Å². The molecule has 1 fully saturated rings. The van der Waals surface area contributed by atoms with E-state index in [0.717, 1.165) is 4.90 Å². The summed E-state index contributed by atoms with van der Waals surface area (Å²) in [5.41, 5.74) is 5.10. The van der Waals surface area contributed by atoms with Gasteiger partial charge >= 0.3 is 17.8 Å². The minimum absolute atomic E-state index is 0.0264. The van der Waals surface area contributed by atoms with Crippen LogP contribution in [0.3, 0.4) is 0 Å². The molecule has 0 radical (unpaired) electrons. The lowest BCUT2D eigenvalue weighted by Crippen LogP contribution is -2.52. The number of hydrogen-bond acceptors (Lipinski definition) is 4. The molecule has 0 saturated carbocycles. The first-order chi connectivity index (χ1) is 8.80. The van der Waals surface area contributed by atoms with Crippen LogP contribution in [0.15, 0.2) is 0 Å². The predicted octanol–water partition coefficient (Wildman–Crippen LogP) is -0.0913. The summed E-state index contributed by atoms with van der Waals surface area (Å²) in [5.74, 6) is -8.55. The van der Waals surface area contributed by atoms with E-state index in [1.54, 1.807) is 0 Å². The van der Waals surface area contributed by atoms with Crippen molar-refractivity contribution in [3.8, 4) is 0 Å². The lowest BCUT2D eigenvalue weighted by molar-refractivity contribution is -0.183. The van der Waals surface area contributed by atoms with Crippen molar-refractivity contribution >= 4 is 17.8 Å². The van der Waals surface area contributed by atoms with Crippen molar-refractivity contribution in [2.45, 2.75) is 25.7 Å². The number of likely N-dealkylation sites (tertiary alicyclic amines) is 1. The van der Waals surface area contributed by atoms with Crippen LogP contribution in [-0.4, -0.2) is 48.3 Å². The Hall–Kier alpha value is -1.73. The number of carbonyl (C=O) groups excluding carboxylic acids is 3. The number of piperidine rings is 1. The highest BCUT2D eigenvalue weighted by Crippen LogP contribution is 2.24. The summed E-state index contributed by atoms with van der Waals surface area (Å²) in [6.45, 7) is 1.09. The molecule has 1 aliphatic heterocycles. The third-order valence-electron chi connectivity index (χ3n) is 2.98. The molecule has 0 atom stereocenters. The first kappa shape index (κ1) is 15.3. The maximum absolute atomic E-state index is 13.5. The van der Waals surface area contributed by atoms with E-state index < -0.39 is 29.6 Å². The maximum atomic E-state index is 13.5. The number of halogens is 2. The topological polar surface area (TPSA) is 89.7 Å². The van der Waals surface area contributed by atoms with Crippen LogP contribution in [0.5, 0.6) is 0 Å². The molecular weight excluding hydrogens is 262 g/mol. The van der Waals surface area contributed by atoms with Crippen molar-refractivity contribution in [1.29, 1.82) is 0 Å². The van der Waals surface area contributed by atoms with Crippen LogP contribution >= 0.6 is 0 Å². The smallest absolute Gasteiger partial charge is 0.419 e. The highest BCUT2D eigenvalue weighted by Gasteiger charge is 2.51. The molecule has 8 heteroatoms. The van der Waals surface area contributed by atoms with E-state index in [-0.39, 0.29) is 32.5 Å². The second kappa shape index (κ2) is 5.94. The quantitative estimate of drug-likeness (QED) is 0.575. The Morgan fingerprint density at radius 3 is 2.26 bits per heavy atom. The van der Waals surface area contributed by atoms with Crippen LogP contribution in [0.25, 0.3) is 0 Å². The molecule has 0 bridgehead atoms. The minimum Gasteiger partial charge on any atom is -0.461 e. The van der Waals surface area contributed by atoms with E-state index in [1.165, 1.54) is 6.92 Å². The number of carbonyl (C=O) groups is 3. The van der Waals surface area contributed by atoms with Crippen molar-refractivity contribution in [2.24, 2.45) is 11.7 Å². The van der Waals surface area contributed by atoms with Gasteiger partial charge in [0.2, 0.25) is 5.91 Å². The third-order valence-corrected chi connectivity index (χ3v) is 2.98. The predicted molar refractivity (Wildman–Crippen MR) is 60.1 cm³/mol. The zero-order valence-corrected chi connectivity index (χ0v) is 10.5. The fourth-order valence-electron chi connectivity index (χ4n) is 1.87. The average molecular weight is 278 g/mol. The molecule has 1 rings (SSSR count). The summed E-state index contributed by atoms with van der Waals surface area (Å²) in [6, 6.07) is 0. The molecule has 0 aromatic carbocycles. The minimum atomic E-state index is -4.18. The summed E-state index contributed by atoms with van der Waals surface area (Å²) >= 11 is 0. The van der Waals surface area contributed by atoms with E-state index in [1.807, 2.05) is 0 Å².